The largest absolute Gasteiger partial charge is 0.375 e. The van der Waals surface area contributed by atoms with Crippen LogP contribution in [0.2, 0.25) is 0 Å². The van der Waals surface area contributed by atoms with Crippen molar-refractivity contribution in [2.75, 3.05) is 26.7 Å². The average molecular weight is 276 g/mol. The molecule has 4 nitrogen and oxygen atoms in total. The van der Waals surface area contributed by atoms with E-state index in [1.807, 2.05) is 37.4 Å². The minimum absolute atomic E-state index is 0.0397. The number of hydrogen-bond acceptors (Lipinski definition) is 3. The Labute approximate surface area is 121 Å². The highest BCUT2D eigenvalue weighted by molar-refractivity contribution is 5.81. The lowest BCUT2D eigenvalue weighted by atomic mass is 10.0. The summed E-state index contributed by atoms with van der Waals surface area (Å²) in [5.74, 6) is 0.135. The Bertz CT molecular complexity index is 408. The van der Waals surface area contributed by atoms with E-state index in [1.54, 1.807) is 0 Å². The van der Waals surface area contributed by atoms with Crippen LogP contribution in [0.5, 0.6) is 0 Å². The summed E-state index contributed by atoms with van der Waals surface area (Å²) in [5.41, 5.74) is 1.16. The number of likely N-dealkylation sites (N-methyl/N-ethyl adjacent to an activating group) is 1. The molecule has 2 rings (SSSR count). The van der Waals surface area contributed by atoms with Crippen LogP contribution in [0.1, 0.15) is 24.8 Å². The molecule has 1 aromatic carbocycles. The third-order valence-corrected chi connectivity index (χ3v) is 3.73. The summed E-state index contributed by atoms with van der Waals surface area (Å²) in [6.45, 7) is 2.75. The minimum atomic E-state index is 0.0397. The van der Waals surface area contributed by atoms with E-state index in [2.05, 4.69) is 10.2 Å². The molecule has 1 N–H and O–H groups in total. The van der Waals surface area contributed by atoms with Crippen LogP contribution in [0.15, 0.2) is 30.3 Å². The van der Waals surface area contributed by atoms with Gasteiger partial charge in [0.15, 0.2) is 0 Å². The van der Waals surface area contributed by atoms with E-state index in [0.717, 1.165) is 24.9 Å². The fourth-order valence-corrected chi connectivity index (χ4v) is 2.53. The molecule has 1 fully saturated rings. The number of nitrogens with one attached hydrogen (secondary N) is 1. The Kier molecular flexibility index (Phi) is 6.02. The lowest BCUT2D eigenvalue weighted by molar-refractivity contribution is -0.127. The van der Waals surface area contributed by atoms with Gasteiger partial charge >= 0.3 is 0 Å². The summed E-state index contributed by atoms with van der Waals surface area (Å²) in [4.78, 5) is 14.2. The molecule has 0 saturated carbocycles. The van der Waals surface area contributed by atoms with Gasteiger partial charge in [-0.2, -0.15) is 0 Å². The Balaban J connectivity index is 1.59. The van der Waals surface area contributed by atoms with Crippen molar-refractivity contribution in [3.05, 3.63) is 35.9 Å². The molecule has 1 unspecified atom stereocenters. The molecule has 1 heterocycles. The smallest absolute Gasteiger partial charge is 0.237 e. The number of carbonyl (C=O) groups excluding carboxylic acids is 1. The Morgan fingerprint density at radius 2 is 2.15 bits per heavy atom. The normalized spacial score (nSPS) is 19.8. The highest BCUT2D eigenvalue weighted by Crippen LogP contribution is 2.14. The number of likely N-dealkylation sites (tertiary alicyclic amines) is 1. The van der Waals surface area contributed by atoms with E-state index in [4.69, 9.17) is 4.74 Å². The maximum atomic E-state index is 12.0. The standard InChI is InChI=1S/C16H24N2O2/c1-18-11-6-5-9-15(18)16(19)17-10-12-20-13-14-7-3-2-4-8-14/h2-4,7-8,15H,5-6,9-13H2,1H3,(H,17,19). The summed E-state index contributed by atoms with van der Waals surface area (Å²) >= 11 is 0. The van der Waals surface area contributed by atoms with Crippen LogP contribution in [0.3, 0.4) is 0 Å². The van der Waals surface area contributed by atoms with Gasteiger partial charge in [0, 0.05) is 6.54 Å². The predicted octanol–water partition coefficient (Wildman–Crippen LogP) is 1.80. The van der Waals surface area contributed by atoms with Crippen molar-refractivity contribution in [3.63, 3.8) is 0 Å². The van der Waals surface area contributed by atoms with Gasteiger partial charge in [0.05, 0.1) is 19.3 Å². The third-order valence-electron chi connectivity index (χ3n) is 3.73. The quantitative estimate of drug-likeness (QED) is 0.806. The van der Waals surface area contributed by atoms with Crippen LogP contribution in [0.25, 0.3) is 0 Å². The second-order valence-electron chi connectivity index (χ2n) is 5.32. The molecule has 0 aliphatic carbocycles. The lowest BCUT2D eigenvalue weighted by Gasteiger charge is -2.31. The van der Waals surface area contributed by atoms with Crippen molar-refractivity contribution in [2.45, 2.75) is 31.9 Å². The Hall–Kier alpha value is -1.39. The maximum absolute atomic E-state index is 12.0. The van der Waals surface area contributed by atoms with E-state index in [1.165, 1.54) is 6.42 Å². The van der Waals surface area contributed by atoms with Crippen molar-refractivity contribution in [1.29, 1.82) is 0 Å². The van der Waals surface area contributed by atoms with Gasteiger partial charge in [-0.05, 0) is 32.0 Å². The van der Waals surface area contributed by atoms with Gasteiger partial charge in [0.25, 0.3) is 0 Å². The van der Waals surface area contributed by atoms with Gasteiger partial charge < -0.3 is 10.1 Å². The number of piperidine rings is 1. The van der Waals surface area contributed by atoms with Crippen LogP contribution in [-0.2, 0) is 16.1 Å². The Morgan fingerprint density at radius 3 is 2.90 bits per heavy atom. The molecule has 20 heavy (non-hydrogen) atoms. The van der Waals surface area contributed by atoms with Crippen LogP contribution >= 0.6 is 0 Å². The molecule has 4 heteroatoms. The molecular weight excluding hydrogens is 252 g/mol. The van der Waals surface area contributed by atoms with Crippen LogP contribution in [0, 0.1) is 0 Å². The summed E-state index contributed by atoms with van der Waals surface area (Å²) in [7, 11) is 2.02. The van der Waals surface area contributed by atoms with E-state index in [0.29, 0.717) is 19.8 Å². The van der Waals surface area contributed by atoms with Crippen molar-refractivity contribution in [3.8, 4) is 0 Å². The minimum Gasteiger partial charge on any atom is -0.375 e. The van der Waals surface area contributed by atoms with Gasteiger partial charge in [-0.3, -0.25) is 9.69 Å². The second-order valence-corrected chi connectivity index (χ2v) is 5.32. The van der Waals surface area contributed by atoms with Gasteiger partial charge in [0.2, 0.25) is 5.91 Å². The molecule has 1 aromatic rings. The summed E-state index contributed by atoms with van der Waals surface area (Å²) < 4.78 is 5.56. The lowest BCUT2D eigenvalue weighted by Crippen LogP contribution is -2.48. The number of benzene rings is 1. The monoisotopic (exact) mass is 276 g/mol. The molecule has 0 bridgehead atoms. The topological polar surface area (TPSA) is 41.6 Å². The first kappa shape index (κ1) is 15.0. The summed E-state index contributed by atoms with van der Waals surface area (Å²) in [6.07, 6.45) is 3.31. The highest BCUT2D eigenvalue weighted by Gasteiger charge is 2.25. The number of ether oxygens (including phenoxy) is 1. The number of hydrogen-bond donors (Lipinski definition) is 1. The van der Waals surface area contributed by atoms with Gasteiger partial charge in [-0.25, -0.2) is 0 Å². The van der Waals surface area contributed by atoms with Crippen LogP contribution in [-0.4, -0.2) is 43.6 Å². The molecule has 1 aliphatic heterocycles. The fourth-order valence-electron chi connectivity index (χ4n) is 2.53. The first-order valence-corrected chi connectivity index (χ1v) is 7.37. The molecule has 0 radical (unpaired) electrons. The fraction of sp³-hybridized carbons (Fsp3) is 0.562. The zero-order chi connectivity index (χ0) is 14.2. The predicted molar refractivity (Wildman–Crippen MR) is 79.4 cm³/mol. The zero-order valence-corrected chi connectivity index (χ0v) is 12.2. The highest BCUT2D eigenvalue weighted by atomic mass is 16.5. The number of amides is 1. The van der Waals surface area contributed by atoms with E-state index in [9.17, 15) is 4.79 Å². The second kappa shape index (κ2) is 8.02. The molecule has 1 aliphatic rings. The molecule has 1 amide bonds. The van der Waals surface area contributed by atoms with Crippen molar-refractivity contribution in [1.82, 2.24) is 10.2 Å². The SMILES string of the molecule is CN1CCCCC1C(=O)NCCOCc1ccccc1. The molecular formula is C16H24N2O2. The number of carbonyl (C=O) groups is 1. The van der Waals surface area contributed by atoms with E-state index >= 15 is 0 Å². The Morgan fingerprint density at radius 1 is 1.35 bits per heavy atom. The maximum Gasteiger partial charge on any atom is 0.237 e. The van der Waals surface area contributed by atoms with Crippen molar-refractivity contribution >= 4 is 5.91 Å². The zero-order valence-electron chi connectivity index (χ0n) is 12.2. The molecule has 0 aromatic heterocycles. The molecule has 110 valence electrons. The molecule has 0 spiro atoms. The number of nitrogens with zero attached hydrogens (tertiary/aromatic N) is 1. The van der Waals surface area contributed by atoms with Crippen LogP contribution in [0.4, 0.5) is 0 Å². The van der Waals surface area contributed by atoms with Gasteiger partial charge in [-0.15, -0.1) is 0 Å². The summed E-state index contributed by atoms with van der Waals surface area (Å²) in [5, 5.41) is 2.96. The first-order valence-electron chi connectivity index (χ1n) is 7.37. The molecule has 1 atom stereocenters. The number of rotatable bonds is 6. The van der Waals surface area contributed by atoms with Crippen LogP contribution < -0.4 is 5.32 Å². The van der Waals surface area contributed by atoms with Crippen molar-refractivity contribution < 1.29 is 9.53 Å². The third kappa shape index (κ3) is 4.62. The summed E-state index contributed by atoms with van der Waals surface area (Å²) in [6, 6.07) is 10.1. The van der Waals surface area contributed by atoms with Crippen molar-refractivity contribution in [2.24, 2.45) is 0 Å². The van der Waals surface area contributed by atoms with E-state index in [-0.39, 0.29) is 11.9 Å². The van der Waals surface area contributed by atoms with Gasteiger partial charge in [-0.1, -0.05) is 36.8 Å². The first-order chi connectivity index (χ1) is 9.77. The van der Waals surface area contributed by atoms with E-state index < -0.39 is 0 Å². The molecule has 1 saturated heterocycles. The van der Waals surface area contributed by atoms with Gasteiger partial charge in [0.1, 0.15) is 0 Å². The average Bonchev–Trinajstić information content (AvgIpc) is 2.48.